The topological polar surface area (TPSA) is 93.6 Å². The molecule has 7 nitrogen and oxygen atoms in total. The van der Waals surface area contributed by atoms with E-state index in [9.17, 15) is 23.1 Å². The number of hydrogen-bond donors (Lipinski definition) is 1. The number of benzene rings is 1. The molecule has 2 fully saturated rings. The Kier molecular flexibility index (Phi) is 6.82. The summed E-state index contributed by atoms with van der Waals surface area (Å²) in [6.45, 7) is 5.64. The van der Waals surface area contributed by atoms with Crippen molar-refractivity contribution in [1.82, 2.24) is 10.1 Å². The van der Waals surface area contributed by atoms with Gasteiger partial charge in [-0.15, -0.1) is 0 Å². The van der Waals surface area contributed by atoms with Crippen molar-refractivity contribution in [3.8, 4) is 6.07 Å². The Morgan fingerprint density at radius 3 is 2.60 bits per heavy atom. The maximum atomic E-state index is 13.5. The molecule has 1 aromatic heterocycles. The van der Waals surface area contributed by atoms with Crippen LogP contribution in [0.4, 0.5) is 18.9 Å². The van der Waals surface area contributed by atoms with Crippen LogP contribution >= 0.6 is 0 Å². The van der Waals surface area contributed by atoms with Gasteiger partial charge in [-0.25, -0.2) is 0 Å². The van der Waals surface area contributed by atoms with E-state index in [0.29, 0.717) is 57.5 Å². The number of aliphatic hydroxyl groups excluding tert-OH is 1. The van der Waals surface area contributed by atoms with Gasteiger partial charge in [0.15, 0.2) is 0 Å². The highest BCUT2D eigenvalue weighted by Gasteiger charge is 2.48. The lowest BCUT2D eigenvalue weighted by Crippen LogP contribution is -2.47. The number of rotatable bonds is 5. The molecule has 10 heteroatoms. The lowest BCUT2D eigenvalue weighted by atomic mass is 9.71. The SMILES string of the molecule is Cc1noc(C)c1CCC(=O)N1CCC2(CC1)CN(c1ccc(C#N)c(C(F)(F)F)c1)CC2CO. The van der Waals surface area contributed by atoms with Crippen molar-refractivity contribution in [2.45, 2.75) is 45.7 Å². The number of piperidine rings is 1. The Hall–Kier alpha value is -3.06. The fraction of sp³-hybridized carbons (Fsp3) is 0.560. The molecule has 2 aromatic rings. The van der Waals surface area contributed by atoms with E-state index < -0.39 is 17.3 Å². The lowest BCUT2D eigenvalue weighted by Gasteiger charge is -2.42. The van der Waals surface area contributed by atoms with Crippen LogP contribution in [0.3, 0.4) is 0 Å². The van der Waals surface area contributed by atoms with Crippen LogP contribution in [0.5, 0.6) is 0 Å². The van der Waals surface area contributed by atoms with Crippen molar-refractivity contribution in [3.63, 3.8) is 0 Å². The van der Waals surface area contributed by atoms with Gasteiger partial charge in [-0.2, -0.15) is 18.4 Å². The van der Waals surface area contributed by atoms with Gasteiger partial charge in [0.2, 0.25) is 5.91 Å². The van der Waals surface area contributed by atoms with Crippen molar-refractivity contribution in [1.29, 1.82) is 5.26 Å². The summed E-state index contributed by atoms with van der Waals surface area (Å²) in [7, 11) is 0. The lowest BCUT2D eigenvalue weighted by molar-refractivity contribution is -0.137. The van der Waals surface area contributed by atoms with E-state index in [1.54, 1.807) is 6.07 Å². The summed E-state index contributed by atoms with van der Waals surface area (Å²) in [5, 5.41) is 23.1. The minimum absolute atomic E-state index is 0.0529. The molecule has 1 amide bonds. The summed E-state index contributed by atoms with van der Waals surface area (Å²) in [4.78, 5) is 16.5. The van der Waals surface area contributed by atoms with Crippen LogP contribution in [-0.2, 0) is 17.4 Å². The van der Waals surface area contributed by atoms with Crippen LogP contribution < -0.4 is 4.90 Å². The van der Waals surface area contributed by atoms with Crippen LogP contribution in [0.1, 0.15) is 47.4 Å². The molecule has 3 heterocycles. The quantitative estimate of drug-likeness (QED) is 0.684. The van der Waals surface area contributed by atoms with Crippen LogP contribution in [-0.4, -0.2) is 53.9 Å². The molecule has 1 atom stereocenters. The Bertz CT molecular complexity index is 1110. The molecular weight excluding hydrogens is 461 g/mol. The van der Waals surface area contributed by atoms with Gasteiger partial charge in [-0.05, 0) is 56.7 Å². The minimum atomic E-state index is -4.62. The summed E-state index contributed by atoms with van der Waals surface area (Å²) in [5.41, 5.74) is 0.513. The average Bonchev–Trinajstić information content (AvgIpc) is 3.35. The number of nitriles is 1. The first-order valence-corrected chi connectivity index (χ1v) is 11.7. The first-order valence-electron chi connectivity index (χ1n) is 11.7. The maximum Gasteiger partial charge on any atom is 0.417 e. The number of carbonyl (C=O) groups excluding carboxylic acids is 1. The number of halogens is 3. The molecule has 1 spiro atoms. The number of carbonyl (C=O) groups is 1. The fourth-order valence-electron chi connectivity index (χ4n) is 5.56. The first kappa shape index (κ1) is 25.0. The molecule has 1 N–H and O–H groups in total. The van der Waals surface area contributed by atoms with E-state index in [1.165, 1.54) is 12.1 Å². The Morgan fingerprint density at radius 1 is 1.31 bits per heavy atom. The molecule has 35 heavy (non-hydrogen) atoms. The molecule has 0 bridgehead atoms. The standard InChI is InChI=1S/C25H29F3N4O3/c1-16-21(17(2)35-30-16)5-6-23(34)31-9-7-24(8-10-31)15-32(13-19(24)14-33)20-4-3-18(12-29)22(11-20)25(26,27)28/h3-4,11,19,33H,5-10,13-15H2,1-2H3. The van der Waals surface area contributed by atoms with Crippen molar-refractivity contribution >= 4 is 11.6 Å². The van der Waals surface area contributed by atoms with Crippen LogP contribution in [0.2, 0.25) is 0 Å². The Morgan fingerprint density at radius 2 is 2.03 bits per heavy atom. The van der Waals surface area contributed by atoms with Gasteiger partial charge >= 0.3 is 6.18 Å². The molecule has 1 aromatic carbocycles. The van der Waals surface area contributed by atoms with Crippen molar-refractivity contribution in [3.05, 3.63) is 46.3 Å². The van der Waals surface area contributed by atoms with Gasteiger partial charge in [-0.3, -0.25) is 4.79 Å². The van der Waals surface area contributed by atoms with Gasteiger partial charge < -0.3 is 19.4 Å². The summed E-state index contributed by atoms with van der Waals surface area (Å²) in [5.74, 6) is 0.672. The second-order valence-electron chi connectivity index (χ2n) is 9.65. The normalized spacial score (nSPS) is 19.9. The highest BCUT2D eigenvalue weighted by Crippen LogP contribution is 2.46. The monoisotopic (exact) mass is 490 g/mol. The first-order chi connectivity index (χ1) is 16.6. The number of amides is 1. The zero-order valence-corrected chi connectivity index (χ0v) is 19.9. The largest absolute Gasteiger partial charge is 0.417 e. The van der Waals surface area contributed by atoms with Crippen molar-refractivity contribution in [2.24, 2.45) is 11.3 Å². The molecule has 188 valence electrons. The second-order valence-corrected chi connectivity index (χ2v) is 9.65. The molecule has 2 aliphatic heterocycles. The van der Waals surface area contributed by atoms with E-state index in [-0.39, 0.29) is 23.8 Å². The number of nitrogens with zero attached hydrogens (tertiary/aromatic N) is 4. The van der Waals surface area contributed by atoms with Gasteiger partial charge in [0, 0.05) is 56.4 Å². The number of likely N-dealkylation sites (tertiary alicyclic amines) is 1. The smallest absolute Gasteiger partial charge is 0.396 e. The van der Waals surface area contributed by atoms with Gasteiger partial charge in [0.25, 0.3) is 0 Å². The third-order valence-electron chi connectivity index (χ3n) is 7.71. The van der Waals surface area contributed by atoms with Crippen LogP contribution in [0.25, 0.3) is 0 Å². The average molecular weight is 491 g/mol. The van der Waals surface area contributed by atoms with E-state index in [2.05, 4.69) is 5.16 Å². The highest BCUT2D eigenvalue weighted by atomic mass is 19.4. The van der Waals surface area contributed by atoms with Crippen LogP contribution in [0.15, 0.2) is 22.7 Å². The van der Waals surface area contributed by atoms with E-state index in [4.69, 9.17) is 9.78 Å². The van der Waals surface area contributed by atoms with Gasteiger partial charge in [0.05, 0.1) is 22.9 Å². The third-order valence-corrected chi connectivity index (χ3v) is 7.71. The van der Waals surface area contributed by atoms with Crippen molar-refractivity contribution < 1.29 is 27.6 Å². The Balaban J connectivity index is 1.43. The summed E-state index contributed by atoms with van der Waals surface area (Å²) in [6.07, 6.45) is -2.35. The van der Waals surface area contributed by atoms with E-state index >= 15 is 0 Å². The van der Waals surface area contributed by atoms with E-state index in [1.807, 2.05) is 23.6 Å². The van der Waals surface area contributed by atoms with Gasteiger partial charge in [0.1, 0.15) is 5.76 Å². The maximum absolute atomic E-state index is 13.5. The molecule has 0 saturated carbocycles. The second kappa shape index (κ2) is 9.53. The summed E-state index contributed by atoms with van der Waals surface area (Å²) < 4.78 is 45.5. The number of hydrogen-bond acceptors (Lipinski definition) is 6. The molecule has 4 rings (SSSR count). The third kappa shape index (κ3) is 4.87. The molecule has 2 saturated heterocycles. The zero-order valence-electron chi connectivity index (χ0n) is 19.9. The molecule has 1 unspecified atom stereocenters. The van der Waals surface area contributed by atoms with Crippen LogP contribution in [0, 0.1) is 36.5 Å². The number of aromatic nitrogens is 1. The zero-order chi connectivity index (χ0) is 25.4. The number of aryl methyl sites for hydroxylation is 2. The van der Waals surface area contributed by atoms with Gasteiger partial charge in [-0.1, -0.05) is 5.16 Å². The van der Waals surface area contributed by atoms with E-state index in [0.717, 1.165) is 23.1 Å². The molecular formula is C25H29F3N4O3. The molecule has 0 aliphatic carbocycles. The number of anilines is 1. The number of aliphatic hydroxyl groups is 1. The minimum Gasteiger partial charge on any atom is -0.396 e. The summed E-state index contributed by atoms with van der Waals surface area (Å²) in [6, 6.07) is 5.38. The summed E-state index contributed by atoms with van der Waals surface area (Å²) >= 11 is 0. The predicted octanol–water partition coefficient (Wildman–Crippen LogP) is 3.85. The predicted molar refractivity (Wildman–Crippen MR) is 121 cm³/mol. The number of alkyl halides is 3. The van der Waals surface area contributed by atoms with Crippen molar-refractivity contribution in [2.75, 3.05) is 37.7 Å². The Labute approximate surface area is 202 Å². The molecule has 0 radical (unpaired) electrons. The molecule has 2 aliphatic rings. The fourth-order valence-corrected chi connectivity index (χ4v) is 5.56. The highest BCUT2D eigenvalue weighted by molar-refractivity contribution is 5.76.